The molecule has 0 saturated heterocycles. The van der Waals surface area contributed by atoms with Crippen LogP contribution >= 0.6 is 0 Å². The van der Waals surface area contributed by atoms with E-state index in [1.54, 1.807) is 36.7 Å². The van der Waals surface area contributed by atoms with Gasteiger partial charge in [-0.1, -0.05) is 12.1 Å². The molecule has 3 rings (SSSR count). The van der Waals surface area contributed by atoms with Gasteiger partial charge >= 0.3 is 0 Å². The van der Waals surface area contributed by atoms with Crippen LogP contribution in [0.3, 0.4) is 0 Å². The molecule has 1 N–H and O–H groups in total. The van der Waals surface area contributed by atoms with Gasteiger partial charge in [0.15, 0.2) is 0 Å². The van der Waals surface area contributed by atoms with E-state index in [0.29, 0.717) is 11.5 Å². The highest BCUT2D eigenvalue weighted by Crippen LogP contribution is 2.05. The van der Waals surface area contributed by atoms with Crippen molar-refractivity contribution < 1.29 is 4.79 Å². The number of pyridine rings is 2. The molecule has 0 saturated carbocycles. The van der Waals surface area contributed by atoms with E-state index in [9.17, 15) is 9.59 Å². The maximum Gasteiger partial charge on any atom is 0.270 e. The molecule has 21 heavy (non-hydrogen) atoms. The van der Waals surface area contributed by atoms with Gasteiger partial charge in [0.05, 0.1) is 0 Å². The standard InChI is InChI=1S/C15H12N4O2/c1-10-5-6-12(16-8-10)18-14(20)11-9-17-13-4-2-3-7-19(13)15(11)21/h2-9H,1H3,(H,16,18,20). The number of amides is 1. The summed E-state index contributed by atoms with van der Waals surface area (Å²) in [6.07, 6.45) is 4.49. The van der Waals surface area contributed by atoms with Crippen molar-refractivity contribution in [2.24, 2.45) is 0 Å². The number of carbonyl (C=O) groups excluding carboxylic acids is 1. The first kappa shape index (κ1) is 13.0. The summed E-state index contributed by atoms with van der Waals surface area (Å²) in [4.78, 5) is 32.6. The molecule has 1 amide bonds. The Hall–Kier alpha value is -3.02. The Morgan fingerprint density at radius 2 is 2.00 bits per heavy atom. The number of aromatic nitrogens is 3. The van der Waals surface area contributed by atoms with Gasteiger partial charge in [-0.2, -0.15) is 0 Å². The van der Waals surface area contributed by atoms with Gasteiger partial charge in [-0.25, -0.2) is 9.97 Å². The highest BCUT2D eigenvalue weighted by molar-refractivity contribution is 6.03. The van der Waals surface area contributed by atoms with Gasteiger partial charge in [0.1, 0.15) is 17.0 Å². The van der Waals surface area contributed by atoms with E-state index in [2.05, 4.69) is 15.3 Å². The zero-order chi connectivity index (χ0) is 14.8. The van der Waals surface area contributed by atoms with Crippen LogP contribution in [0, 0.1) is 6.92 Å². The smallest absolute Gasteiger partial charge is 0.270 e. The maximum atomic E-state index is 12.3. The van der Waals surface area contributed by atoms with Gasteiger partial charge in [-0.15, -0.1) is 0 Å². The molecule has 3 heterocycles. The second-order valence-corrected chi connectivity index (χ2v) is 4.58. The topological polar surface area (TPSA) is 76.4 Å². The van der Waals surface area contributed by atoms with Crippen molar-refractivity contribution >= 4 is 17.4 Å². The Balaban J connectivity index is 1.96. The number of carbonyl (C=O) groups is 1. The van der Waals surface area contributed by atoms with Crippen molar-refractivity contribution in [1.82, 2.24) is 14.4 Å². The van der Waals surface area contributed by atoms with Crippen LogP contribution in [0.25, 0.3) is 5.65 Å². The molecule has 0 atom stereocenters. The van der Waals surface area contributed by atoms with E-state index < -0.39 is 11.5 Å². The Morgan fingerprint density at radius 3 is 2.76 bits per heavy atom. The van der Waals surface area contributed by atoms with E-state index in [0.717, 1.165) is 5.56 Å². The average Bonchev–Trinajstić information content (AvgIpc) is 2.50. The summed E-state index contributed by atoms with van der Waals surface area (Å²) in [5.74, 6) is -0.134. The van der Waals surface area contributed by atoms with E-state index in [-0.39, 0.29) is 5.56 Å². The van der Waals surface area contributed by atoms with E-state index in [1.165, 1.54) is 10.6 Å². The molecule has 0 aliphatic carbocycles. The first-order chi connectivity index (χ1) is 10.1. The summed E-state index contributed by atoms with van der Waals surface area (Å²) in [6.45, 7) is 1.90. The molecule has 0 aromatic carbocycles. The van der Waals surface area contributed by atoms with Gasteiger partial charge in [0, 0.05) is 18.6 Å². The van der Waals surface area contributed by atoms with Crippen LogP contribution < -0.4 is 10.9 Å². The third-order valence-electron chi connectivity index (χ3n) is 3.01. The first-order valence-corrected chi connectivity index (χ1v) is 6.35. The third-order valence-corrected chi connectivity index (χ3v) is 3.01. The minimum absolute atomic E-state index is 0.0268. The molecule has 0 aliphatic heterocycles. The molecule has 0 spiro atoms. The molecule has 3 aromatic heterocycles. The molecule has 6 nitrogen and oxygen atoms in total. The number of nitrogens with one attached hydrogen (secondary N) is 1. The number of nitrogens with zero attached hydrogens (tertiary/aromatic N) is 3. The van der Waals surface area contributed by atoms with Crippen molar-refractivity contribution in [2.45, 2.75) is 6.92 Å². The second kappa shape index (κ2) is 5.16. The molecule has 0 bridgehead atoms. The quantitative estimate of drug-likeness (QED) is 0.774. The number of anilines is 1. The lowest BCUT2D eigenvalue weighted by Crippen LogP contribution is -2.26. The van der Waals surface area contributed by atoms with Crippen molar-refractivity contribution in [2.75, 3.05) is 5.32 Å². The second-order valence-electron chi connectivity index (χ2n) is 4.58. The molecule has 3 aromatic rings. The van der Waals surface area contributed by atoms with E-state index >= 15 is 0 Å². The molecule has 0 radical (unpaired) electrons. The van der Waals surface area contributed by atoms with Crippen LogP contribution in [0.4, 0.5) is 5.82 Å². The summed E-state index contributed by atoms with van der Waals surface area (Å²) in [6, 6.07) is 8.69. The summed E-state index contributed by atoms with van der Waals surface area (Å²) < 4.78 is 1.33. The predicted octanol–water partition coefficient (Wildman–Crippen LogP) is 1.65. The summed E-state index contributed by atoms with van der Waals surface area (Å²) in [7, 11) is 0. The normalized spacial score (nSPS) is 10.5. The Bertz CT molecular complexity index is 869. The zero-order valence-electron chi connectivity index (χ0n) is 11.3. The molecule has 0 aliphatic rings. The Kier molecular flexibility index (Phi) is 3.19. The van der Waals surface area contributed by atoms with Crippen LogP contribution in [0.5, 0.6) is 0 Å². The Labute approximate surface area is 120 Å². The van der Waals surface area contributed by atoms with E-state index in [1.807, 2.05) is 13.0 Å². The maximum absolute atomic E-state index is 12.3. The van der Waals surface area contributed by atoms with Crippen molar-refractivity contribution in [3.63, 3.8) is 0 Å². The lowest BCUT2D eigenvalue weighted by Gasteiger charge is -2.05. The minimum Gasteiger partial charge on any atom is -0.306 e. The van der Waals surface area contributed by atoms with Gasteiger partial charge in [0.25, 0.3) is 11.5 Å². The number of hydrogen-bond acceptors (Lipinski definition) is 4. The van der Waals surface area contributed by atoms with Crippen LogP contribution in [0.1, 0.15) is 15.9 Å². The monoisotopic (exact) mass is 280 g/mol. The third kappa shape index (κ3) is 2.51. The SMILES string of the molecule is Cc1ccc(NC(=O)c2cnc3ccccn3c2=O)nc1. The fraction of sp³-hybridized carbons (Fsp3) is 0.0667. The van der Waals surface area contributed by atoms with Crippen LogP contribution in [0.15, 0.2) is 53.7 Å². The molecular formula is C15H12N4O2. The van der Waals surface area contributed by atoms with Crippen molar-refractivity contribution in [3.05, 3.63) is 70.4 Å². The van der Waals surface area contributed by atoms with Gasteiger partial charge in [0.2, 0.25) is 0 Å². The summed E-state index contributed by atoms with van der Waals surface area (Å²) in [5, 5.41) is 2.59. The number of fused-ring (bicyclic) bond motifs is 1. The highest BCUT2D eigenvalue weighted by atomic mass is 16.2. The predicted molar refractivity (Wildman–Crippen MR) is 78.4 cm³/mol. The molecule has 104 valence electrons. The lowest BCUT2D eigenvalue weighted by atomic mass is 10.3. The molecule has 6 heteroatoms. The van der Waals surface area contributed by atoms with Crippen LogP contribution in [0.2, 0.25) is 0 Å². The van der Waals surface area contributed by atoms with Gasteiger partial charge in [-0.3, -0.25) is 14.0 Å². The van der Waals surface area contributed by atoms with Crippen molar-refractivity contribution in [1.29, 1.82) is 0 Å². The van der Waals surface area contributed by atoms with Gasteiger partial charge < -0.3 is 5.32 Å². The lowest BCUT2D eigenvalue weighted by molar-refractivity contribution is 0.102. The summed E-state index contributed by atoms with van der Waals surface area (Å²) in [5.41, 5.74) is 1.04. The van der Waals surface area contributed by atoms with Crippen LogP contribution in [-0.2, 0) is 0 Å². The fourth-order valence-electron chi connectivity index (χ4n) is 1.91. The van der Waals surface area contributed by atoms with E-state index in [4.69, 9.17) is 0 Å². The molecule has 0 fully saturated rings. The zero-order valence-corrected chi connectivity index (χ0v) is 11.3. The average molecular weight is 280 g/mol. The Morgan fingerprint density at radius 1 is 1.14 bits per heavy atom. The highest BCUT2D eigenvalue weighted by Gasteiger charge is 2.13. The number of hydrogen-bond donors (Lipinski definition) is 1. The molecular weight excluding hydrogens is 268 g/mol. The van der Waals surface area contributed by atoms with Gasteiger partial charge in [-0.05, 0) is 30.7 Å². The summed E-state index contributed by atoms with van der Waals surface area (Å²) >= 11 is 0. The number of aryl methyl sites for hydroxylation is 1. The number of rotatable bonds is 2. The largest absolute Gasteiger partial charge is 0.306 e. The van der Waals surface area contributed by atoms with Crippen LogP contribution in [-0.4, -0.2) is 20.3 Å². The fourth-order valence-corrected chi connectivity index (χ4v) is 1.91. The molecule has 0 unspecified atom stereocenters. The minimum atomic E-state index is -0.526. The van der Waals surface area contributed by atoms with Crippen molar-refractivity contribution in [3.8, 4) is 0 Å². The first-order valence-electron chi connectivity index (χ1n) is 6.35.